The van der Waals surface area contributed by atoms with E-state index in [2.05, 4.69) is 10.4 Å². The molecule has 176 valence electrons. The lowest BCUT2D eigenvalue weighted by Crippen LogP contribution is -2.33. The summed E-state index contributed by atoms with van der Waals surface area (Å²) < 4.78 is 83.4. The minimum absolute atomic E-state index is 0.000796. The van der Waals surface area contributed by atoms with Crippen molar-refractivity contribution < 1.29 is 26.3 Å². The third kappa shape index (κ3) is 3.57. The van der Waals surface area contributed by atoms with E-state index in [1.165, 1.54) is 20.9 Å². The number of hydrogen-bond acceptors (Lipinski definition) is 4. The van der Waals surface area contributed by atoms with Gasteiger partial charge in [-0.15, -0.1) is 0 Å². The summed E-state index contributed by atoms with van der Waals surface area (Å²) in [6.07, 6.45) is -4.40. The van der Waals surface area contributed by atoms with Gasteiger partial charge in [0.25, 0.3) is 17.0 Å². The topological polar surface area (TPSA) is 68.9 Å². The van der Waals surface area contributed by atoms with Gasteiger partial charge in [0.2, 0.25) is 0 Å². The molecule has 1 fully saturated rings. The Morgan fingerprint density at radius 1 is 1.18 bits per heavy atom. The van der Waals surface area contributed by atoms with E-state index in [1.807, 2.05) is 0 Å². The highest BCUT2D eigenvalue weighted by Crippen LogP contribution is 2.57. The zero-order chi connectivity index (χ0) is 24.5. The molecule has 0 aliphatic heterocycles. The lowest BCUT2D eigenvalue weighted by molar-refractivity contribution is -0.140. The Labute approximate surface area is 182 Å². The van der Waals surface area contributed by atoms with Gasteiger partial charge in [-0.1, -0.05) is 12.1 Å². The zero-order valence-corrected chi connectivity index (χ0v) is 17.6. The minimum atomic E-state index is -4.90. The standard InChI is InChI=1S/C21H18F6N4O2/c1-10(11-5-4-6-14(16(11)22)21(25,26)27)28-17-13-8-31(19(2)9-20(19,23)24)15(32)7-12(13)18(33)30(3)29-17/h4-8,10H,9H2,1-3H3,(H,28,29)/t10-,19?/m1/s1. The average molecular weight is 472 g/mol. The molecule has 2 atom stereocenters. The quantitative estimate of drug-likeness (QED) is 0.579. The number of benzene rings is 1. The van der Waals surface area contributed by atoms with Gasteiger partial charge in [0.1, 0.15) is 11.4 Å². The molecule has 0 bridgehead atoms. The van der Waals surface area contributed by atoms with Gasteiger partial charge in [0.05, 0.1) is 17.0 Å². The van der Waals surface area contributed by atoms with Crippen LogP contribution in [0.3, 0.4) is 0 Å². The van der Waals surface area contributed by atoms with Crippen LogP contribution < -0.4 is 16.4 Å². The number of hydrogen-bond donors (Lipinski definition) is 1. The van der Waals surface area contributed by atoms with E-state index < -0.39 is 52.6 Å². The van der Waals surface area contributed by atoms with Gasteiger partial charge in [0, 0.05) is 36.7 Å². The molecule has 3 aromatic rings. The highest BCUT2D eigenvalue weighted by Gasteiger charge is 2.69. The lowest BCUT2D eigenvalue weighted by atomic mass is 10.0. The fraction of sp³-hybridized carbons (Fsp3) is 0.381. The minimum Gasteiger partial charge on any atom is -0.361 e. The molecule has 1 aromatic carbocycles. The summed E-state index contributed by atoms with van der Waals surface area (Å²) in [4.78, 5) is 25.0. The average Bonchev–Trinajstić information content (AvgIpc) is 3.22. The largest absolute Gasteiger partial charge is 0.419 e. The molecule has 6 nitrogen and oxygen atoms in total. The number of alkyl halides is 5. The van der Waals surface area contributed by atoms with Crippen LogP contribution in [0.1, 0.15) is 37.4 Å². The Morgan fingerprint density at radius 3 is 2.39 bits per heavy atom. The maximum atomic E-state index is 14.6. The fourth-order valence-electron chi connectivity index (χ4n) is 3.85. The third-order valence-electron chi connectivity index (χ3n) is 6.00. The van der Waals surface area contributed by atoms with Crippen LogP contribution in [0.4, 0.5) is 32.2 Å². The van der Waals surface area contributed by atoms with E-state index in [4.69, 9.17) is 0 Å². The molecule has 0 spiro atoms. The van der Waals surface area contributed by atoms with E-state index in [0.29, 0.717) is 6.07 Å². The first-order chi connectivity index (χ1) is 15.2. The molecule has 2 aromatic heterocycles. The molecule has 0 amide bonds. The van der Waals surface area contributed by atoms with Gasteiger partial charge in [-0.3, -0.25) is 9.59 Å². The van der Waals surface area contributed by atoms with Crippen molar-refractivity contribution in [1.82, 2.24) is 14.3 Å². The first kappa shape index (κ1) is 22.9. The molecule has 1 unspecified atom stereocenters. The Balaban J connectivity index is 1.84. The number of aryl methyl sites for hydroxylation is 1. The summed E-state index contributed by atoms with van der Waals surface area (Å²) in [5.41, 5.74) is -5.03. The molecular formula is C21H18F6N4O2. The predicted molar refractivity (Wildman–Crippen MR) is 108 cm³/mol. The van der Waals surface area contributed by atoms with Crippen molar-refractivity contribution in [2.75, 3.05) is 5.32 Å². The van der Waals surface area contributed by atoms with E-state index in [-0.39, 0.29) is 22.2 Å². The van der Waals surface area contributed by atoms with E-state index >= 15 is 0 Å². The number of rotatable bonds is 4. The summed E-state index contributed by atoms with van der Waals surface area (Å²) in [5.74, 6) is -4.68. The summed E-state index contributed by atoms with van der Waals surface area (Å²) in [7, 11) is 1.28. The number of aromatic nitrogens is 3. The number of nitrogens with one attached hydrogen (secondary N) is 1. The van der Waals surface area contributed by atoms with Crippen LogP contribution in [0.25, 0.3) is 10.8 Å². The van der Waals surface area contributed by atoms with Crippen LogP contribution in [0.2, 0.25) is 0 Å². The Hall–Kier alpha value is -3.31. The maximum absolute atomic E-state index is 14.6. The molecule has 0 saturated heterocycles. The Bertz CT molecular complexity index is 1390. The summed E-state index contributed by atoms with van der Waals surface area (Å²) in [6.45, 7) is 2.58. The van der Waals surface area contributed by atoms with E-state index in [0.717, 1.165) is 33.6 Å². The zero-order valence-electron chi connectivity index (χ0n) is 17.6. The van der Waals surface area contributed by atoms with Crippen molar-refractivity contribution in [2.24, 2.45) is 7.05 Å². The number of anilines is 1. The van der Waals surface area contributed by atoms with Crippen molar-refractivity contribution in [2.45, 2.75) is 43.9 Å². The molecule has 0 radical (unpaired) electrons. The first-order valence-corrected chi connectivity index (χ1v) is 9.81. The molecule has 1 saturated carbocycles. The third-order valence-corrected chi connectivity index (χ3v) is 6.00. The molecule has 1 N–H and O–H groups in total. The normalized spacial score (nSPS) is 20.6. The van der Waals surface area contributed by atoms with Gasteiger partial charge in [-0.05, 0) is 19.9 Å². The number of pyridine rings is 1. The molecule has 4 rings (SSSR count). The van der Waals surface area contributed by atoms with Gasteiger partial charge >= 0.3 is 6.18 Å². The predicted octanol–water partition coefficient (Wildman–Crippen LogP) is 4.18. The van der Waals surface area contributed by atoms with Gasteiger partial charge in [-0.25, -0.2) is 17.9 Å². The van der Waals surface area contributed by atoms with E-state index in [1.54, 1.807) is 0 Å². The van der Waals surface area contributed by atoms with Crippen LogP contribution in [-0.4, -0.2) is 20.3 Å². The first-order valence-electron chi connectivity index (χ1n) is 9.81. The van der Waals surface area contributed by atoms with Crippen LogP contribution in [0, 0.1) is 5.82 Å². The van der Waals surface area contributed by atoms with Crippen molar-refractivity contribution >= 4 is 16.6 Å². The maximum Gasteiger partial charge on any atom is 0.419 e. The van der Waals surface area contributed by atoms with Crippen molar-refractivity contribution in [3.8, 4) is 0 Å². The van der Waals surface area contributed by atoms with Crippen molar-refractivity contribution in [1.29, 1.82) is 0 Å². The van der Waals surface area contributed by atoms with E-state index in [9.17, 15) is 35.9 Å². The number of halogens is 6. The molecular weight excluding hydrogens is 454 g/mol. The SMILES string of the molecule is C[C@@H](Nc1nn(C)c(=O)c2cc(=O)n(C3(C)CC3(F)F)cc12)c1cccc(C(F)(F)F)c1F. The summed E-state index contributed by atoms with van der Waals surface area (Å²) in [5, 5.41) is 6.65. The molecule has 33 heavy (non-hydrogen) atoms. The van der Waals surface area contributed by atoms with Gasteiger partial charge in [0.15, 0.2) is 5.82 Å². The highest BCUT2D eigenvalue weighted by molar-refractivity contribution is 5.90. The highest BCUT2D eigenvalue weighted by atomic mass is 19.4. The Kier molecular flexibility index (Phi) is 4.92. The summed E-state index contributed by atoms with van der Waals surface area (Å²) >= 11 is 0. The Morgan fingerprint density at radius 2 is 1.82 bits per heavy atom. The van der Waals surface area contributed by atoms with Crippen LogP contribution in [0.15, 0.2) is 40.1 Å². The number of fused-ring (bicyclic) bond motifs is 1. The molecule has 2 heterocycles. The van der Waals surface area contributed by atoms with Crippen LogP contribution >= 0.6 is 0 Å². The van der Waals surface area contributed by atoms with Crippen molar-refractivity contribution in [3.05, 3.63) is 68.1 Å². The van der Waals surface area contributed by atoms with Gasteiger partial charge in [-0.2, -0.15) is 18.3 Å². The summed E-state index contributed by atoms with van der Waals surface area (Å²) in [6, 6.07) is 2.69. The molecule has 12 heteroatoms. The molecule has 1 aliphatic rings. The molecule has 1 aliphatic carbocycles. The smallest absolute Gasteiger partial charge is 0.361 e. The van der Waals surface area contributed by atoms with Gasteiger partial charge < -0.3 is 9.88 Å². The van der Waals surface area contributed by atoms with Crippen LogP contribution in [-0.2, 0) is 18.8 Å². The van der Waals surface area contributed by atoms with Crippen LogP contribution in [0.5, 0.6) is 0 Å². The lowest BCUT2D eigenvalue weighted by Gasteiger charge is -2.20. The van der Waals surface area contributed by atoms with Crippen molar-refractivity contribution in [3.63, 3.8) is 0 Å². The fourth-order valence-corrected chi connectivity index (χ4v) is 3.85. The second-order valence-electron chi connectivity index (χ2n) is 8.31. The monoisotopic (exact) mass is 472 g/mol. The second-order valence-corrected chi connectivity index (χ2v) is 8.31. The number of nitrogens with zero attached hydrogens (tertiary/aromatic N) is 3. The second kappa shape index (κ2) is 7.09.